The molecule has 3 nitrogen and oxygen atoms in total. The van der Waals surface area contributed by atoms with E-state index in [2.05, 4.69) is 53.9 Å². The smallest absolute Gasteiger partial charge is 0.119 e. The summed E-state index contributed by atoms with van der Waals surface area (Å²) in [6.45, 7) is 6.94. The Hall–Kier alpha value is -3.04. The molecule has 28 heavy (non-hydrogen) atoms. The highest BCUT2D eigenvalue weighted by atomic mass is 16.5. The molecular weight excluding hydrogens is 346 g/mol. The zero-order chi connectivity index (χ0) is 19.2. The van der Waals surface area contributed by atoms with E-state index in [-0.39, 0.29) is 6.10 Å². The fourth-order valence-corrected chi connectivity index (χ4v) is 3.54. The van der Waals surface area contributed by atoms with Gasteiger partial charge in [-0.3, -0.25) is 0 Å². The molecule has 3 heteroatoms. The number of morpholine rings is 1. The van der Waals surface area contributed by atoms with Crippen LogP contribution in [0.1, 0.15) is 22.8 Å². The molecule has 4 rings (SSSR count). The molecule has 3 aromatic rings. The van der Waals surface area contributed by atoms with Gasteiger partial charge in [-0.05, 0) is 34.9 Å². The molecule has 0 bridgehead atoms. The van der Waals surface area contributed by atoms with Crippen molar-refractivity contribution >= 4 is 11.8 Å². The molecule has 3 aromatic carbocycles. The van der Waals surface area contributed by atoms with Gasteiger partial charge in [-0.15, -0.1) is 0 Å². The number of para-hydroxylation sites is 1. The zero-order valence-electron chi connectivity index (χ0n) is 16.0. The van der Waals surface area contributed by atoms with Gasteiger partial charge in [0.25, 0.3) is 0 Å². The molecule has 1 fully saturated rings. The van der Waals surface area contributed by atoms with Crippen LogP contribution in [0.4, 0.5) is 5.69 Å². The van der Waals surface area contributed by atoms with Gasteiger partial charge in [0.2, 0.25) is 0 Å². The van der Waals surface area contributed by atoms with E-state index in [9.17, 15) is 0 Å². The summed E-state index contributed by atoms with van der Waals surface area (Å²) in [6, 6.07) is 26.8. The van der Waals surface area contributed by atoms with Crippen molar-refractivity contribution in [2.24, 2.45) is 0 Å². The molecular formula is C25H25NO2. The van der Waals surface area contributed by atoms with Gasteiger partial charge < -0.3 is 14.4 Å². The summed E-state index contributed by atoms with van der Waals surface area (Å²) < 4.78 is 11.9. The quantitative estimate of drug-likeness (QED) is 0.572. The van der Waals surface area contributed by atoms with E-state index in [1.165, 1.54) is 16.8 Å². The second-order valence-electron chi connectivity index (χ2n) is 6.91. The molecule has 1 aliphatic rings. The minimum Gasteiger partial charge on any atom is -0.489 e. The van der Waals surface area contributed by atoms with Gasteiger partial charge in [-0.25, -0.2) is 0 Å². The van der Waals surface area contributed by atoms with Crippen molar-refractivity contribution in [3.8, 4) is 5.75 Å². The monoisotopic (exact) mass is 371 g/mol. The zero-order valence-corrected chi connectivity index (χ0v) is 16.0. The van der Waals surface area contributed by atoms with Gasteiger partial charge >= 0.3 is 0 Å². The summed E-state index contributed by atoms with van der Waals surface area (Å²) in [5, 5.41) is 0. The SMILES string of the molecule is C=Cc1ccccc1N1CCO[C@H](c2ccc(OCc3ccccc3)cc2)C1. The second-order valence-corrected chi connectivity index (χ2v) is 6.91. The van der Waals surface area contributed by atoms with Gasteiger partial charge in [0.1, 0.15) is 18.5 Å². The van der Waals surface area contributed by atoms with Crippen LogP contribution in [0, 0.1) is 0 Å². The fourth-order valence-electron chi connectivity index (χ4n) is 3.54. The molecule has 0 amide bonds. The fraction of sp³-hybridized carbons (Fsp3) is 0.200. The molecule has 0 unspecified atom stereocenters. The molecule has 0 radical (unpaired) electrons. The Morgan fingerprint density at radius 3 is 2.50 bits per heavy atom. The number of hydrogen-bond donors (Lipinski definition) is 0. The van der Waals surface area contributed by atoms with Crippen molar-refractivity contribution in [1.29, 1.82) is 0 Å². The van der Waals surface area contributed by atoms with E-state index < -0.39 is 0 Å². The minimum atomic E-state index is 0.0507. The molecule has 0 N–H and O–H groups in total. The molecule has 0 spiro atoms. The average Bonchev–Trinajstić information content (AvgIpc) is 2.79. The second kappa shape index (κ2) is 8.77. The number of ether oxygens (including phenoxy) is 2. The van der Waals surface area contributed by atoms with Crippen LogP contribution in [0.2, 0.25) is 0 Å². The predicted octanol–water partition coefficient (Wildman–Crippen LogP) is 5.49. The summed E-state index contributed by atoms with van der Waals surface area (Å²) in [5.74, 6) is 0.872. The standard InChI is InChI=1S/C25H25NO2/c1-2-21-10-6-7-11-24(21)26-16-17-27-25(18-26)22-12-14-23(15-13-22)28-19-20-8-4-3-5-9-20/h2-15,25H,1,16-19H2/t25-/m0/s1. The van der Waals surface area contributed by atoms with Crippen LogP contribution in [-0.4, -0.2) is 19.7 Å². The number of nitrogens with zero attached hydrogens (tertiary/aromatic N) is 1. The van der Waals surface area contributed by atoms with E-state index in [4.69, 9.17) is 9.47 Å². The van der Waals surface area contributed by atoms with Crippen molar-refractivity contribution in [3.05, 3.63) is 102 Å². The van der Waals surface area contributed by atoms with Crippen LogP contribution in [-0.2, 0) is 11.3 Å². The Morgan fingerprint density at radius 2 is 1.71 bits per heavy atom. The maximum atomic E-state index is 6.05. The van der Waals surface area contributed by atoms with Crippen LogP contribution in [0.3, 0.4) is 0 Å². The van der Waals surface area contributed by atoms with E-state index in [1.807, 2.05) is 42.5 Å². The third-order valence-electron chi connectivity index (χ3n) is 5.06. The number of anilines is 1. The van der Waals surface area contributed by atoms with Crippen LogP contribution in [0.15, 0.2) is 85.4 Å². The van der Waals surface area contributed by atoms with Crippen LogP contribution >= 0.6 is 0 Å². The largest absolute Gasteiger partial charge is 0.489 e. The van der Waals surface area contributed by atoms with E-state index in [0.717, 1.165) is 24.4 Å². The van der Waals surface area contributed by atoms with Gasteiger partial charge in [0.05, 0.1) is 6.61 Å². The Morgan fingerprint density at radius 1 is 0.964 bits per heavy atom. The molecule has 0 aliphatic carbocycles. The lowest BCUT2D eigenvalue weighted by Gasteiger charge is -2.35. The Balaban J connectivity index is 1.41. The molecule has 1 atom stereocenters. The van der Waals surface area contributed by atoms with Crippen molar-refractivity contribution < 1.29 is 9.47 Å². The molecule has 142 valence electrons. The highest BCUT2D eigenvalue weighted by Crippen LogP contribution is 2.29. The number of hydrogen-bond acceptors (Lipinski definition) is 3. The first-order valence-electron chi connectivity index (χ1n) is 9.68. The Labute approximate surface area is 166 Å². The Kier molecular flexibility index (Phi) is 5.74. The van der Waals surface area contributed by atoms with Gasteiger partial charge in [0, 0.05) is 18.8 Å². The molecule has 0 saturated carbocycles. The van der Waals surface area contributed by atoms with E-state index in [1.54, 1.807) is 0 Å². The third kappa shape index (κ3) is 4.26. The van der Waals surface area contributed by atoms with Gasteiger partial charge in [0.15, 0.2) is 0 Å². The summed E-state index contributed by atoms with van der Waals surface area (Å²) in [6.07, 6.45) is 1.97. The third-order valence-corrected chi connectivity index (χ3v) is 5.06. The minimum absolute atomic E-state index is 0.0507. The molecule has 0 aromatic heterocycles. The Bertz CT molecular complexity index is 905. The van der Waals surface area contributed by atoms with Crippen molar-refractivity contribution in [2.45, 2.75) is 12.7 Å². The lowest BCUT2D eigenvalue weighted by Crippen LogP contribution is -2.38. The van der Waals surface area contributed by atoms with Crippen LogP contribution in [0.25, 0.3) is 6.08 Å². The maximum absolute atomic E-state index is 6.05. The first kappa shape index (κ1) is 18.3. The summed E-state index contributed by atoms with van der Waals surface area (Å²) in [7, 11) is 0. The van der Waals surface area contributed by atoms with Crippen LogP contribution < -0.4 is 9.64 Å². The summed E-state index contributed by atoms with van der Waals surface area (Å²) in [5.41, 5.74) is 4.72. The highest BCUT2D eigenvalue weighted by Gasteiger charge is 2.23. The van der Waals surface area contributed by atoms with Gasteiger partial charge in [-0.2, -0.15) is 0 Å². The lowest BCUT2D eigenvalue weighted by molar-refractivity contribution is 0.0397. The first-order valence-corrected chi connectivity index (χ1v) is 9.68. The van der Waals surface area contributed by atoms with Crippen LogP contribution in [0.5, 0.6) is 5.75 Å². The number of rotatable bonds is 6. The average molecular weight is 371 g/mol. The van der Waals surface area contributed by atoms with Crippen molar-refractivity contribution in [3.63, 3.8) is 0 Å². The van der Waals surface area contributed by atoms with E-state index >= 15 is 0 Å². The van der Waals surface area contributed by atoms with E-state index in [0.29, 0.717) is 13.2 Å². The first-order chi connectivity index (χ1) is 13.8. The van der Waals surface area contributed by atoms with Gasteiger partial charge in [-0.1, -0.05) is 73.3 Å². The highest BCUT2D eigenvalue weighted by molar-refractivity contribution is 5.67. The number of benzene rings is 3. The molecule has 1 saturated heterocycles. The van der Waals surface area contributed by atoms with Crippen molar-refractivity contribution in [2.75, 3.05) is 24.6 Å². The summed E-state index contributed by atoms with van der Waals surface area (Å²) >= 11 is 0. The molecule has 1 heterocycles. The van der Waals surface area contributed by atoms with Crippen molar-refractivity contribution in [1.82, 2.24) is 0 Å². The maximum Gasteiger partial charge on any atom is 0.119 e. The predicted molar refractivity (Wildman–Crippen MR) is 115 cm³/mol. The summed E-state index contributed by atoms with van der Waals surface area (Å²) in [4.78, 5) is 2.38. The topological polar surface area (TPSA) is 21.7 Å². The normalized spacial score (nSPS) is 16.6. The lowest BCUT2D eigenvalue weighted by atomic mass is 10.1. The molecule has 1 aliphatic heterocycles.